The molecule has 0 heterocycles. The van der Waals surface area contributed by atoms with Crippen molar-refractivity contribution in [3.05, 3.63) is 29.8 Å². The van der Waals surface area contributed by atoms with Crippen molar-refractivity contribution in [2.45, 2.75) is 44.4 Å². The molecule has 0 spiro atoms. The number of hydrogen-bond donors (Lipinski definition) is 2. The predicted molar refractivity (Wildman–Crippen MR) is 83.6 cm³/mol. The van der Waals surface area contributed by atoms with Gasteiger partial charge in [-0.05, 0) is 12.8 Å². The first-order valence-corrected chi connectivity index (χ1v) is 7.99. The maximum atomic E-state index is 13.1. The molecule has 2 N–H and O–H groups in total. The Bertz CT molecular complexity index is 545. The lowest BCUT2D eigenvalue weighted by molar-refractivity contribution is -0.133. The predicted octanol–water partition coefficient (Wildman–Crippen LogP) is 2.02. The lowest BCUT2D eigenvalue weighted by atomic mass is 9.99. The molecular weight excluding hydrogens is 320 g/mol. The van der Waals surface area contributed by atoms with E-state index in [4.69, 9.17) is 9.47 Å². The second kappa shape index (κ2) is 8.39. The molecule has 1 aromatic carbocycles. The van der Waals surface area contributed by atoms with Crippen LogP contribution in [0.1, 0.15) is 26.2 Å². The van der Waals surface area contributed by atoms with E-state index >= 15 is 0 Å². The summed E-state index contributed by atoms with van der Waals surface area (Å²) in [7, 11) is 1.42. The number of nitrogens with one attached hydrogen (secondary N) is 1. The monoisotopic (exact) mass is 343 g/mol. The first kappa shape index (κ1) is 18.6. The van der Waals surface area contributed by atoms with Gasteiger partial charge in [-0.25, -0.2) is 8.78 Å². The molecule has 0 saturated heterocycles. The molecular formula is C17H23F2NO4. The van der Waals surface area contributed by atoms with Crippen molar-refractivity contribution < 1.29 is 28.2 Å². The first-order valence-electron chi connectivity index (χ1n) is 7.99. The van der Waals surface area contributed by atoms with Crippen molar-refractivity contribution in [3.63, 3.8) is 0 Å². The van der Waals surface area contributed by atoms with Gasteiger partial charge in [-0.2, -0.15) is 0 Å². The van der Waals surface area contributed by atoms with Crippen LogP contribution in [0.25, 0.3) is 0 Å². The molecule has 0 aliphatic heterocycles. The van der Waals surface area contributed by atoms with E-state index in [2.05, 4.69) is 5.32 Å². The van der Waals surface area contributed by atoms with Gasteiger partial charge in [0.25, 0.3) is 0 Å². The third kappa shape index (κ3) is 5.72. The molecule has 3 atom stereocenters. The molecule has 0 unspecified atom stereocenters. The van der Waals surface area contributed by atoms with Gasteiger partial charge in [0.1, 0.15) is 23.5 Å². The summed E-state index contributed by atoms with van der Waals surface area (Å²) in [5.74, 6) is -1.98. The highest BCUT2D eigenvalue weighted by Crippen LogP contribution is 2.21. The van der Waals surface area contributed by atoms with Crippen LogP contribution in [-0.4, -0.2) is 43.0 Å². The summed E-state index contributed by atoms with van der Waals surface area (Å²) in [6.45, 7) is 1.79. The van der Waals surface area contributed by atoms with Crippen LogP contribution in [0.2, 0.25) is 0 Å². The fourth-order valence-electron chi connectivity index (χ4n) is 2.23. The number of carbonyl (C=O) groups is 1. The third-order valence-corrected chi connectivity index (χ3v) is 3.96. The van der Waals surface area contributed by atoms with Crippen LogP contribution in [0.15, 0.2) is 18.2 Å². The van der Waals surface area contributed by atoms with E-state index in [9.17, 15) is 18.7 Å². The van der Waals surface area contributed by atoms with Gasteiger partial charge >= 0.3 is 0 Å². The summed E-state index contributed by atoms with van der Waals surface area (Å²) in [6.07, 6.45) is 0.475. The van der Waals surface area contributed by atoms with Gasteiger partial charge in [0, 0.05) is 43.7 Å². The molecule has 7 heteroatoms. The smallest absolute Gasteiger partial charge is 0.249 e. The number of ether oxygens (including phenoxy) is 2. The second-order valence-corrected chi connectivity index (χ2v) is 6.20. The normalized spacial score (nSPS) is 17.9. The Morgan fingerprint density at radius 3 is 2.50 bits per heavy atom. The van der Waals surface area contributed by atoms with Crippen LogP contribution in [0.3, 0.4) is 0 Å². The second-order valence-electron chi connectivity index (χ2n) is 6.20. The molecule has 0 bridgehead atoms. The van der Waals surface area contributed by atoms with E-state index in [0.29, 0.717) is 0 Å². The fourth-order valence-corrected chi connectivity index (χ4v) is 2.23. The van der Waals surface area contributed by atoms with E-state index in [1.54, 1.807) is 6.92 Å². The number of benzene rings is 1. The minimum absolute atomic E-state index is 0.0568. The SMILES string of the molecule is CO[C@H](C[C@H](O)[C@@H](C)COc1cc(F)cc(F)c1)C(=O)NC1CC1. The molecule has 1 aliphatic rings. The Morgan fingerprint density at radius 2 is 1.96 bits per heavy atom. The van der Waals surface area contributed by atoms with Crippen LogP contribution in [0.4, 0.5) is 8.78 Å². The zero-order valence-corrected chi connectivity index (χ0v) is 13.8. The van der Waals surface area contributed by atoms with Gasteiger partial charge < -0.3 is 19.9 Å². The lowest BCUT2D eigenvalue weighted by Crippen LogP contribution is -2.40. The van der Waals surface area contributed by atoms with Crippen molar-refractivity contribution in [1.29, 1.82) is 0 Å². The average molecular weight is 343 g/mol. The topological polar surface area (TPSA) is 67.8 Å². The Hall–Kier alpha value is -1.73. The number of aliphatic hydroxyl groups is 1. The van der Waals surface area contributed by atoms with Crippen LogP contribution in [0, 0.1) is 17.6 Å². The number of hydrogen-bond acceptors (Lipinski definition) is 4. The summed E-state index contributed by atoms with van der Waals surface area (Å²) >= 11 is 0. The molecule has 1 fully saturated rings. The fraction of sp³-hybridized carbons (Fsp3) is 0.588. The number of rotatable bonds is 9. The largest absolute Gasteiger partial charge is 0.493 e. The molecule has 1 aliphatic carbocycles. The number of methoxy groups -OCH3 is 1. The maximum absolute atomic E-state index is 13.1. The Morgan fingerprint density at radius 1 is 1.33 bits per heavy atom. The van der Waals surface area contributed by atoms with Crippen molar-refractivity contribution in [3.8, 4) is 5.75 Å². The quantitative estimate of drug-likeness (QED) is 0.720. The minimum atomic E-state index is -0.849. The molecule has 134 valence electrons. The van der Waals surface area contributed by atoms with Gasteiger partial charge in [0.2, 0.25) is 5.91 Å². The summed E-state index contributed by atoms with van der Waals surface area (Å²) in [5.41, 5.74) is 0. The van der Waals surface area contributed by atoms with Gasteiger partial charge in [0.15, 0.2) is 0 Å². The Kier molecular flexibility index (Phi) is 6.51. The van der Waals surface area contributed by atoms with Crippen LogP contribution >= 0.6 is 0 Å². The van der Waals surface area contributed by atoms with Gasteiger partial charge in [-0.1, -0.05) is 6.92 Å². The average Bonchev–Trinajstić information content (AvgIpc) is 3.32. The zero-order valence-electron chi connectivity index (χ0n) is 13.8. The van der Waals surface area contributed by atoms with Crippen molar-refractivity contribution >= 4 is 5.91 Å². The summed E-state index contributed by atoms with van der Waals surface area (Å²) in [5, 5.41) is 13.0. The van der Waals surface area contributed by atoms with E-state index in [-0.39, 0.29) is 36.6 Å². The van der Waals surface area contributed by atoms with Crippen LogP contribution < -0.4 is 10.1 Å². The molecule has 1 saturated carbocycles. The van der Waals surface area contributed by atoms with Crippen molar-refractivity contribution in [2.75, 3.05) is 13.7 Å². The lowest BCUT2D eigenvalue weighted by Gasteiger charge is -2.23. The van der Waals surface area contributed by atoms with Gasteiger partial charge in [-0.3, -0.25) is 4.79 Å². The number of amides is 1. The molecule has 1 amide bonds. The van der Waals surface area contributed by atoms with Gasteiger partial charge in [0.05, 0.1) is 12.7 Å². The van der Waals surface area contributed by atoms with Gasteiger partial charge in [-0.15, -0.1) is 0 Å². The summed E-state index contributed by atoms with van der Waals surface area (Å²) < 4.78 is 36.7. The highest BCUT2D eigenvalue weighted by molar-refractivity contribution is 5.81. The highest BCUT2D eigenvalue weighted by Gasteiger charge is 2.30. The maximum Gasteiger partial charge on any atom is 0.249 e. The number of carbonyl (C=O) groups excluding carboxylic acids is 1. The van der Waals surface area contributed by atoms with E-state index in [1.807, 2.05) is 0 Å². The van der Waals surface area contributed by atoms with E-state index < -0.39 is 23.8 Å². The Labute approximate surface area is 140 Å². The summed E-state index contributed by atoms with van der Waals surface area (Å²) in [4.78, 5) is 12.0. The van der Waals surface area contributed by atoms with Crippen molar-refractivity contribution in [2.24, 2.45) is 5.92 Å². The Balaban J connectivity index is 1.81. The molecule has 0 aromatic heterocycles. The highest BCUT2D eigenvalue weighted by atomic mass is 19.1. The molecule has 24 heavy (non-hydrogen) atoms. The molecule has 2 rings (SSSR count). The number of halogens is 2. The van der Waals surface area contributed by atoms with Crippen LogP contribution in [-0.2, 0) is 9.53 Å². The third-order valence-electron chi connectivity index (χ3n) is 3.96. The minimum Gasteiger partial charge on any atom is -0.493 e. The molecule has 5 nitrogen and oxygen atoms in total. The number of aliphatic hydroxyl groups excluding tert-OH is 1. The van der Waals surface area contributed by atoms with E-state index in [1.165, 1.54) is 7.11 Å². The summed E-state index contributed by atoms with van der Waals surface area (Å²) in [6, 6.07) is 3.12. The molecule has 0 radical (unpaired) electrons. The van der Waals surface area contributed by atoms with Crippen molar-refractivity contribution in [1.82, 2.24) is 5.32 Å². The van der Waals surface area contributed by atoms with Crippen LogP contribution in [0.5, 0.6) is 5.75 Å². The standard InChI is InChI=1S/C17H23F2NO4/c1-10(9-24-14-6-11(18)5-12(19)7-14)15(21)8-16(23-2)17(22)20-13-3-4-13/h5-7,10,13,15-16,21H,3-4,8-9H2,1-2H3,(H,20,22)/t10-,15-,16+/m0/s1. The molecule has 1 aromatic rings. The van der Waals surface area contributed by atoms with E-state index in [0.717, 1.165) is 31.0 Å². The zero-order chi connectivity index (χ0) is 17.7. The first-order chi connectivity index (χ1) is 11.4.